The Balaban J connectivity index is 2.38. The van der Waals surface area contributed by atoms with Gasteiger partial charge in [0.2, 0.25) is 0 Å². The van der Waals surface area contributed by atoms with Gasteiger partial charge in [0.05, 0.1) is 11.3 Å². The standard InChI is InChI=1S/C13H8ClF3N2O/c14-6-1-2-8(15)7(5-6)13(20)19-12-10(18)4-3-9(16)11(12)17/h1-5H,18H2,(H,19,20). The molecule has 7 heteroatoms. The number of hydrogen-bond acceptors (Lipinski definition) is 2. The van der Waals surface area contributed by atoms with E-state index in [9.17, 15) is 18.0 Å². The molecule has 3 nitrogen and oxygen atoms in total. The minimum Gasteiger partial charge on any atom is -0.397 e. The van der Waals surface area contributed by atoms with E-state index in [2.05, 4.69) is 0 Å². The lowest BCUT2D eigenvalue weighted by atomic mass is 10.2. The Kier molecular flexibility index (Phi) is 3.85. The number of rotatable bonds is 2. The van der Waals surface area contributed by atoms with Gasteiger partial charge in [0, 0.05) is 5.02 Å². The molecule has 0 aliphatic rings. The van der Waals surface area contributed by atoms with Crippen molar-refractivity contribution in [1.82, 2.24) is 0 Å². The largest absolute Gasteiger partial charge is 0.397 e. The molecule has 0 radical (unpaired) electrons. The summed E-state index contributed by atoms with van der Waals surface area (Å²) < 4.78 is 40.1. The van der Waals surface area contributed by atoms with Crippen LogP contribution in [0.3, 0.4) is 0 Å². The molecule has 0 unspecified atom stereocenters. The Morgan fingerprint density at radius 1 is 1.10 bits per heavy atom. The van der Waals surface area contributed by atoms with Crippen molar-refractivity contribution >= 4 is 28.9 Å². The summed E-state index contributed by atoms with van der Waals surface area (Å²) in [5.74, 6) is -4.33. The van der Waals surface area contributed by atoms with Crippen molar-refractivity contribution in [2.45, 2.75) is 0 Å². The van der Waals surface area contributed by atoms with E-state index in [4.69, 9.17) is 17.3 Å². The Morgan fingerprint density at radius 2 is 1.75 bits per heavy atom. The van der Waals surface area contributed by atoms with Crippen LogP contribution in [0.15, 0.2) is 30.3 Å². The number of anilines is 2. The Morgan fingerprint density at radius 3 is 2.45 bits per heavy atom. The summed E-state index contributed by atoms with van der Waals surface area (Å²) in [5, 5.41) is 2.16. The first-order valence-electron chi connectivity index (χ1n) is 5.40. The van der Waals surface area contributed by atoms with Gasteiger partial charge in [-0.25, -0.2) is 13.2 Å². The first-order valence-corrected chi connectivity index (χ1v) is 5.78. The number of hydrogen-bond donors (Lipinski definition) is 2. The van der Waals surface area contributed by atoms with E-state index in [-0.39, 0.29) is 10.7 Å². The maximum absolute atomic E-state index is 13.5. The summed E-state index contributed by atoms with van der Waals surface area (Å²) >= 11 is 5.65. The lowest BCUT2D eigenvalue weighted by Gasteiger charge is -2.10. The summed E-state index contributed by atoms with van der Waals surface area (Å²) in [7, 11) is 0. The quantitative estimate of drug-likeness (QED) is 0.833. The Hall–Kier alpha value is -2.21. The number of nitrogen functional groups attached to an aromatic ring is 1. The van der Waals surface area contributed by atoms with E-state index < -0.39 is 34.6 Å². The number of nitrogens with two attached hydrogens (primary N) is 1. The maximum Gasteiger partial charge on any atom is 0.258 e. The second kappa shape index (κ2) is 5.42. The van der Waals surface area contributed by atoms with Gasteiger partial charge in [0.1, 0.15) is 11.5 Å². The van der Waals surface area contributed by atoms with Crippen molar-refractivity contribution in [2.24, 2.45) is 0 Å². The van der Waals surface area contributed by atoms with Crippen LogP contribution in [0.5, 0.6) is 0 Å². The fourth-order valence-corrected chi connectivity index (χ4v) is 1.72. The highest BCUT2D eigenvalue weighted by Gasteiger charge is 2.18. The summed E-state index contributed by atoms with van der Waals surface area (Å²) in [4.78, 5) is 11.8. The van der Waals surface area contributed by atoms with Crippen LogP contribution in [0.25, 0.3) is 0 Å². The molecule has 2 aromatic carbocycles. The number of carbonyl (C=O) groups excluding carboxylic acids is 1. The average molecular weight is 301 g/mol. The first kappa shape index (κ1) is 14.2. The third-order valence-corrected chi connectivity index (χ3v) is 2.77. The van der Waals surface area contributed by atoms with Gasteiger partial charge in [-0.2, -0.15) is 0 Å². The van der Waals surface area contributed by atoms with Crippen LogP contribution in [-0.2, 0) is 0 Å². The maximum atomic E-state index is 13.5. The van der Waals surface area contributed by atoms with Gasteiger partial charge in [0.25, 0.3) is 5.91 Å². The zero-order valence-electron chi connectivity index (χ0n) is 9.88. The van der Waals surface area contributed by atoms with Gasteiger partial charge in [-0.05, 0) is 30.3 Å². The SMILES string of the molecule is Nc1ccc(F)c(F)c1NC(=O)c1cc(Cl)ccc1F. The number of halogens is 4. The van der Waals surface area contributed by atoms with Crippen LogP contribution < -0.4 is 11.1 Å². The van der Waals surface area contributed by atoms with Gasteiger partial charge in [-0.1, -0.05) is 11.6 Å². The van der Waals surface area contributed by atoms with E-state index in [0.717, 1.165) is 24.3 Å². The molecule has 0 atom stereocenters. The first-order chi connectivity index (χ1) is 9.40. The van der Waals surface area contributed by atoms with Gasteiger partial charge in [-0.3, -0.25) is 4.79 Å². The van der Waals surface area contributed by atoms with Gasteiger partial charge < -0.3 is 11.1 Å². The molecule has 2 aromatic rings. The molecule has 0 aliphatic heterocycles. The van der Waals surface area contributed by atoms with E-state index in [1.165, 1.54) is 6.07 Å². The molecule has 0 spiro atoms. The molecule has 2 rings (SSSR count). The predicted octanol–water partition coefficient (Wildman–Crippen LogP) is 3.59. The van der Waals surface area contributed by atoms with Crippen molar-refractivity contribution in [2.75, 3.05) is 11.1 Å². The summed E-state index contributed by atoms with van der Waals surface area (Å²) in [5.41, 5.74) is 4.31. The summed E-state index contributed by atoms with van der Waals surface area (Å²) in [6.45, 7) is 0. The second-order valence-corrected chi connectivity index (χ2v) is 4.34. The lowest BCUT2D eigenvalue weighted by Crippen LogP contribution is -2.16. The molecule has 20 heavy (non-hydrogen) atoms. The Labute approximate surface area is 117 Å². The number of amides is 1. The van der Waals surface area contributed by atoms with Gasteiger partial charge in [-0.15, -0.1) is 0 Å². The topological polar surface area (TPSA) is 55.1 Å². The third kappa shape index (κ3) is 2.70. The van der Waals surface area contributed by atoms with Crippen LogP contribution in [0.1, 0.15) is 10.4 Å². The van der Waals surface area contributed by atoms with Crippen LogP contribution >= 0.6 is 11.6 Å². The smallest absolute Gasteiger partial charge is 0.258 e. The van der Waals surface area contributed by atoms with E-state index >= 15 is 0 Å². The highest BCUT2D eigenvalue weighted by atomic mass is 35.5. The molecule has 0 heterocycles. The molecule has 1 amide bonds. The summed E-state index contributed by atoms with van der Waals surface area (Å²) in [6, 6.07) is 5.22. The highest BCUT2D eigenvalue weighted by Crippen LogP contribution is 2.26. The predicted molar refractivity (Wildman–Crippen MR) is 70.1 cm³/mol. The zero-order chi connectivity index (χ0) is 14.9. The van der Waals surface area contributed by atoms with Crippen molar-refractivity contribution in [3.8, 4) is 0 Å². The molecule has 104 valence electrons. The molecule has 0 bridgehead atoms. The monoisotopic (exact) mass is 300 g/mol. The van der Waals surface area contributed by atoms with E-state index in [0.29, 0.717) is 0 Å². The average Bonchev–Trinajstić information content (AvgIpc) is 2.41. The van der Waals surface area contributed by atoms with Crippen LogP contribution in [0.4, 0.5) is 24.5 Å². The lowest BCUT2D eigenvalue weighted by molar-refractivity contribution is 0.102. The number of benzene rings is 2. The van der Waals surface area contributed by atoms with Crippen molar-refractivity contribution in [3.05, 3.63) is 58.4 Å². The number of nitrogens with one attached hydrogen (secondary N) is 1. The van der Waals surface area contributed by atoms with Gasteiger partial charge in [0.15, 0.2) is 11.6 Å². The second-order valence-electron chi connectivity index (χ2n) is 3.90. The normalized spacial score (nSPS) is 10.4. The molecular formula is C13H8ClF3N2O. The van der Waals surface area contributed by atoms with E-state index in [1.54, 1.807) is 0 Å². The molecule has 0 saturated heterocycles. The fraction of sp³-hybridized carbons (Fsp3) is 0. The van der Waals surface area contributed by atoms with Crippen LogP contribution in [0, 0.1) is 17.5 Å². The minimum atomic E-state index is -1.32. The fourth-order valence-electron chi connectivity index (χ4n) is 1.54. The number of carbonyl (C=O) groups is 1. The summed E-state index contributed by atoms with van der Waals surface area (Å²) in [6.07, 6.45) is 0. The molecule has 0 aliphatic carbocycles. The third-order valence-electron chi connectivity index (χ3n) is 2.54. The molecular weight excluding hydrogens is 293 g/mol. The molecule has 0 saturated carbocycles. The highest BCUT2D eigenvalue weighted by molar-refractivity contribution is 6.31. The molecule has 0 aromatic heterocycles. The van der Waals surface area contributed by atoms with Crippen LogP contribution in [-0.4, -0.2) is 5.91 Å². The van der Waals surface area contributed by atoms with E-state index in [1.807, 2.05) is 5.32 Å². The van der Waals surface area contributed by atoms with Crippen molar-refractivity contribution in [3.63, 3.8) is 0 Å². The minimum absolute atomic E-state index is 0.129. The van der Waals surface area contributed by atoms with Crippen LogP contribution in [0.2, 0.25) is 5.02 Å². The van der Waals surface area contributed by atoms with Gasteiger partial charge >= 0.3 is 0 Å². The molecule has 3 N–H and O–H groups in total. The van der Waals surface area contributed by atoms with Crippen molar-refractivity contribution in [1.29, 1.82) is 0 Å². The Bertz CT molecular complexity index is 692. The van der Waals surface area contributed by atoms with Crippen molar-refractivity contribution < 1.29 is 18.0 Å². The molecule has 0 fully saturated rings. The zero-order valence-corrected chi connectivity index (χ0v) is 10.6.